The number of amides is 1. The minimum absolute atomic E-state index is 0.0449. The molecule has 1 aliphatic rings. The molecule has 8 heteroatoms. The zero-order chi connectivity index (χ0) is 24.3. The van der Waals surface area contributed by atoms with Gasteiger partial charge in [-0.2, -0.15) is 4.31 Å². The van der Waals surface area contributed by atoms with E-state index in [9.17, 15) is 13.2 Å². The molecule has 1 atom stereocenters. The number of hydrogen-bond acceptors (Lipinski definition) is 4. The molecule has 0 radical (unpaired) electrons. The summed E-state index contributed by atoms with van der Waals surface area (Å²) < 4.78 is 34.6. The summed E-state index contributed by atoms with van der Waals surface area (Å²) in [6.07, 6.45) is 1.23. The first kappa shape index (κ1) is 24.4. The fraction of sp³-hybridized carbons (Fsp3) is 0.269. The van der Waals surface area contributed by atoms with Crippen molar-refractivity contribution in [2.24, 2.45) is 0 Å². The number of hydrogen-bond donors (Lipinski definition) is 0. The molecule has 0 unspecified atom stereocenters. The Morgan fingerprint density at radius 3 is 2.47 bits per heavy atom. The molecule has 0 fully saturated rings. The summed E-state index contributed by atoms with van der Waals surface area (Å²) in [7, 11) is -2.37. The highest BCUT2D eigenvalue weighted by molar-refractivity contribution is 9.10. The minimum atomic E-state index is -3.90. The topological polar surface area (TPSA) is 66.9 Å². The molecule has 4 rings (SSSR count). The summed E-state index contributed by atoms with van der Waals surface area (Å²) in [5, 5.41) is 0. The maximum Gasteiger partial charge on any atom is 0.243 e. The zero-order valence-corrected chi connectivity index (χ0v) is 21.6. The van der Waals surface area contributed by atoms with E-state index in [1.165, 1.54) is 23.5 Å². The van der Waals surface area contributed by atoms with E-state index in [1.54, 1.807) is 17.0 Å². The van der Waals surface area contributed by atoms with Gasteiger partial charge in [0.25, 0.3) is 0 Å². The smallest absolute Gasteiger partial charge is 0.243 e. The van der Waals surface area contributed by atoms with Crippen LogP contribution in [0.25, 0.3) is 0 Å². The molecule has 1 amide bonds. The Balaban J connectivity index is 1.62. The number of sulfonamides is 1. The standard InChI is InChI=1S/C26H27BrN2O4S/c1-19-16-21-17-22(27)8-13-25(21)29(19)26(30)18-28(15-14-20-6-4-3-5-7-20)34(31,32)24-11-9-23(33-2)10-12-24/h3-13,17,19H,14-16,18H2,1-2H3/t19-/m0/s1. The van der Waals surface area contributed by atoms with Crippen molar-refractivity contribution in [3.05, 3.63) is 88.4 Å². The molecule has 0 saturated heterocycles. The molecule has 0 aliphatic carbocycles. The molecule has 1 heterocycles. The SMILES string of the molecule is COc1ccc(S(=O)(=O)N(CCc2ccccc2)CC(=O)N2c3ccc(Br)cc3C[C@@H]2C)cc1. The lowest BCUT2D eigenvalue weighted by atomic mass is 10.1. The van der Waals surface area contributed by atoms with E-state index in [2.05, 4.69) is 15.9 Å². The van der Waals surface area contributed by atoms with Crippen molar-refractivity contribution in [3.63, 3.8) is 0 Å². The Hall–Kier alpha value is -2.68. The maximum atomic E-state index is 13.6. The molecule has 178 valence electrons. The van der Waals surface area contributed by atoms with E-state index in [0.717, 1.165) is 27.7 Å². The molecule has 0 bridgehead atoms. The molecule has 0 spiro atoms. The van der Waals surface area contributed by atoms with Crippen molar-refractivity contribution in [1.29, 1.82) is 0 Å². The number of ether oxygens (including phenoxy) is 1. The molecule has 0 aromatic heterocycles. The zero-order valence-electron chi connectivity index (χ0n) is 19.1. The van der Waals surface area contributed by atoms with Crippen LogP contribution in [0.1, 0.15) is 18.1 Å². The summed E-state index contributed by atoms with van der Waals surface area (Å²) in [6, 6.07) is 21.7. The number of anilines is 1. The Morgan fingerprint density at radius 1 is 1.09 bits per heavy atom. The molecule has 6 nitrogen and oxygen atoms in total. The highest BCUT2D eigenvalue weighted by Crippen LogP contribution is 2.34. The predicted molar refractivity (Wildman–Crippen MR) is 137 cm³/mol. The van der Waals surface area contributed by atoms with Gasteiger partial charge in [0.2, 0.25) is 15.9 Å². The van der Waals surface area contributed by atoms with Crippen LogP contribution < -0.4 is 9.64 Å². The van der Waals surface area contributed by atoms with Gasteiger partial charge in [0, 0.05) is 22.7 Å². The number of carbonyl (C=O) groups excluding carboxylic acids is 1. The predicted octanol–water partition coefficient (Wildman–Crippen LogP) is 4.67. The first-order valence-electron chi connectivity index (χ1n) is 11.1. The van der Waals surface area contributed by atoms with Crippen LogP contribution in [-0.4, -0.2) is 44.9 Å². The van der Waals surface area contributed by atoms with Gasteiger partial charge in [0.1, 0.15) is 5.75 Å². The van der Waals surface area contributed by atoms with Crippen molar-refractivity contribution >= 4 is 37.5 Å². The van der Waals surface area contributed by atoms with Crippen LogP contribution in [0.15, 0.2) is 82.2 Å². The lowest BCUT2D eigenvalue weighted by molar-refractivity contribution is -0.119. The Bertz CT molecular complexity index is 1260. The second-order valence-electron chi connectivity index (χ2n) is 8.34. The summed E-state index contributed by atoms with van der Waals surface area (Å²) in [5.74, 6) is 0.332. The Labute approximate surface area is 209 Å². The number of methoxy groups -OCH3 is 1. The lowest BCUT2D eigenvalue weighted by Crippen LogP contribution is -2.45. The normalized spacial score (nSPS) is 15.4. The van der Waals surface area contributed by atoms with Gasteiger partial charge in [-0.3, -0.25) is 4.79 Å². The average Bonchev–Trinajstić information content (AvgIpc) is 3.16. The monoisotopic (exact) mass is 542 g/mol. The fourth-order valence-electron chi connectivity index (χ4n) is 4.29. The quantitative estimate of drug-likeness (QED) is 0.414. The number of nitrogens with zero attached hydrogens (tertiary/aromatic N) is 2. The molecule has 34 heavy (non-hydrogen) atoms. The molecular weight excluding hydrogens is 516 g/mol. The second-order valence-corrected chi connectivity index (χ2v) is 11.2. The van der Waals surface area contributed by atoms with Crippen LogP contribution in [0.3, 0.4) is 0 Å². The van der Waals surface area contributed by atoms with E-state index in [0.29, 0.717) is 12.2 Å². The van der Waals surface area contributed by atoms with Gasteiger partial charge < -0.3 is 9.64 Å². The van der Waals surface area contributed by atoms with Gasteiger partial charge in [-0.25, -0.2) is 8.42 Å². The van der Waals surface area contributed by atoms with E-state index in [-0.39, 0.29) is 29.9 Å². The second kappa shape index (κ2) is 10.3. The summed E-state index contributed by atoms with van der Waals surface area (Å²) in [5.41, 5.74) is 2.92. The Morgan fingerprint density at radius 2 is 1.79 bits per heavy atom. The third-order valence-corrected chi connectivity index (χ3v) is 8.38. The van der Waals surface area contributed by atoms with Gasteiger partial charge in [0.05, 0.1) is 18.6 Å². The molecular formula is C26H27BrN2O4S. The summed E-state index contributed by atoms with van der Waals surface area (Å²) in [6.45, 7) is 1.94. The van der Waals surface area contributed by atoms with Crippen molar-refractivity contribution in [2.75, 3.05) is 25.1 Å². The van der Waals surface area contributed by atoms with Crippen LogP contribution in [0.5, 0.6) is 5.75 Å². The number of halogens is 1. The number of rotatable bonds is 8. The van der Waals surface area contributed by atoms with E-state index in [4.69, 9.17) is 4.74 Å². The van der Waals surface area contributed by atoms with E-state index < -0.39 is 10.0 Å². The highest BCUT2D eigenvalue weighted by atomic mass is 79.9. The van der Waals surface area contributed by atoms with Crippen LogP contribution in [0.4, 0.5) is 5.69 Å². The average molecular weight is 543 g/mol. The van der Waals surface area contributed by atoms with Crippen molar-refractivity contribution in [2.45, 2.75) is 30.7 Å². The van der Waals surface area contributed by atoms with Crippen LogP contribution in [-0.2, 0) is 27.7 Å². The van der Waals surface area contributed by atoms with Crippen molar-refractivity contribution in [3.8, 4) is 5.75 Å². The molecule has 3 aromatic carbocycles. The van der Waals surface area contributed by atoms with Crippen LogP contribution >= 0.6 is 15.9 Å². The largest absolute Gasteiger partial charge is 0.497 e. The summed E-state index contributed by atoms with van der Waals surface area (Å²) in [4.78, 5) is 15.3. The Kier molecular flexibility index (Phi) is 7.40. The van der Waals surface area contributed by atoms with Crippen molar-refractivity contribution < 1.29 is 17.9 Å². The van der Waals surface area contributed by atoms with E-state index in [1.807, 2.05) is 55.5 Å². The van der Waals surface area contributed by atoms with Gasteiger partial charge in [-0.15, -0.1) is 0 Å². The molecule has 0 N–H and O–H groups in total. The molecule has 3 aromatic rings. The van der Waals surface area contributed by atoms with Crippen LogP contribution in [0.2, 0.25) is 0 Å². The number of benzene rings is 3. The first-order chi connectivity index (χ1) is 16.3. The van der Waals surface area contributed by atoms with Crippen molar-refractivity contribution in [1.82, 2.24) is 4.31 Å². The van der Waals surface area contributed by atoms with Crippen LogP contribution in [0, 0.1) is 0 Å². The molecule has 0 saturated carbocycles. The van der Waals surface area contributed by atoms with Gasteiger partial charge in [0.15, 0.2) is 0 Å². The third kappa shape index (κ3) is 5.19. The maximum absolute atomic E-state index is 13.6. The number of carbonyl (C=O) groups is 1. The molecule has 1 aliphatic heterocycles. The van der Waals surface area contributed by atoms with Gasteiger partial charge >= 0.3 is 0 Å². The lowest BCUT2D eigenvalue weighted by Gasteiger charge is -2.27. The van der Waals surface area contributed by atoms with Gasteiger partial charge in [-0.05, 0) is 73.4 Å². The first-order valence-corrected chi connectivity index (χ1v) is 13.3. The highest BCUT2D eigenvalue weighted by Gasteiger charge is 2.34. The van der Waals surface area contributed by atoms with Gasteiger partial charge in [-0.1, -0.05) is 46.3 Å². The third-order valence-electron chi connectivity index (χ3n) is 6.03. The fourth-order valence-corrected chi connectivity index (χ4v) is 6.08. The summed E-state index contributed by atoms with van der Waals surface area (Å²) >= 11 is 3.49. The minimum Gasteiger partial charge on any atom is -0.497 e. The van der Waals surface area contributed by atoms with E-state index >= 15 is 0 Å². The number of fused-ring (bicyclic) bond motifs is 1.